The first-order valence-electron chi connectivity index (χ1n) is 5.39. The van der Waals surface area contributed by atoms with E-state index < -0.39 is 11.8 Å². The lowest BCUT2D eigenvalue weighted by molar-refractivity contribution is 0.0692. The van der Waals surface area contributed by atoms with Gasteiger partial charge in [0.2, 0.25) is 0 Å². The van der Waals surface area contributed by atoms with E-state index in [4.69, 9.17) is 5.11 Å². The highest BCUT2D eigenvalue weighted by Gasteiger charge is 2.12. The molecule has 0 saturated carbocycles. The van der Waals surface area contributed by atoms with Crippen molar-refractivity contribution in [3.05, 3.63) is 52.0 Å². The van der Waals surface area contributed by atoms with E-state index in [1.807, 2.05) is 23.8 Å². The van der Waals surface area contributed by atoms with Crippen LogP contribution in [0, 0.1) is 5.82 Å². The number of thiophene rings is 1. The molecule has 0 spiro atoms. The summed E-state index contributed by atoms with van der Waals surface area (Å²) in [5, 5.41) is 15.8. The molecule has 0 radical (unpaired) electrons. The highest BCUT2D eigenvalue weighted by atomic mass is 32.1. The normalized spacial score (nSPS) is 12.1. The number of benzene rings is 1. The van der Waals surface area contributed by atoms with E-state index in [0.717, 1.165) is 5.56 Å². The monoisotopic (exact) mass is 265 g/mol. The summed E-state index contributed by atoms with van der Waals surface area (Å²) in [6.45, 7) is 1.96. The summed E-state index contributed by atoms with van der Waals surface area (Å²) in [4.78, 5) is 10.7. The van der Waals surface area contributed by atoms with Crippen LogP contribution in [0.25, 0.3) is 0 Å². The second kappa shape index (κ2) is 5.18. The quantitative estimate of drug-likeness (QED) is 0.885. The van der Waals surface area contributed by atoms with Crippen molar-refractivity contribution in [3.8, 4) is 0 Å². The Balaban J connectivity index is 2.15. The first-order valence-corrected chi connectivity index (χ1v) is 6.33. The van der Waals surface area contributed by atoms with Crippen molar-refractivity contribution in [2.45, 2.75) is 13.0 Å². The molecule has 2 aromatic rings. The number of carboxylic acid groups (broad SMARTS) is 1. The lowest BCUT2D eigenvalue weighted by Gasteiger charge is -2.14. The van der Waals surface area contributed by atoms with Crippen LogP contribution in [-0.4, -0.2) is 11.1 Å². The van der Waals surface area contributed by atoms with Crippen LogP contribution in [0.5, 0.6) is 0 Å². The third-order valence-corrected chi connectivity index (χ3v) is 3.33. The van der Waals surface area contributed by atoms with E-state index in [1.165, 1.54) is 12.1 Å². The van der Waals surface area contributed by atoms with E-state index in [1.54, 1.807) is 17.4 Å². The summed E-state index contributed by atoms with van der Waals surface area (Å²) in [6.07, 6.45) is 0. The van der Waals surface area contributed by atoms with Crippen LogP contribution in [0.2, 0.25) is 0 Å². The van der Waals surface area contributed by atoms with Gasteiger partial charge in [-0.3, -0.25) is 0 Å². The molecule has 0 bridgehead atoms. The summed E-state index contributed by atoms with van der Waals surface area (Å²) < 4.78 is 13.5. The topological polar surface area (TPSA) is 49.3 Å². The van der Waals surface area contributed by atoms with Gasteiger partial charge in [-0.15, -0.1) is 0 Å². The van der Waals surface area contributed by atoms with Crippen LogP contribution < -0.4 is 5.32 Å². The second-order valence-corrected chi connectivity index (χ2v) is 4.70. The fourth-order valence-corrected chi connectivity index (χ4v) is 2.39. The Labute approximate surface area is 108 Å². The highest BCUT2D eigenvalue weighted by molar-refractivity contribution is 7.07. The highest BCUT2D eigenvalue weighted by Crippen LogP contribution is 2.22. The Bertz CT molecular complexity index is 554. The average molecular weight is 265 g/mol. The van der Waals surface area contributed by atoms with E-state index >= 15 is 0 Å². The van der Waals surface area contributed by atoms with E-state index in [-0.39, 0.29) is 11.6 Å². The number of halogens is 1. The summed E-state index contributed by atoms with van der Waals surface area (Å²) in [6, 6.07) is 6.07. The summed E-state index contributed by atoms with van der Waals surface area (Å²) >= 11 is 1.60. The van der Waals surface area contributed by atoms with Gasteiger partial charge in [-0.1, -0.05) is 0 Å². The molecule has 1 unspecified atom stereocenters. The van der Waals surface area contributed by atoms with Crippen molar-refractivity contribution < 1.29 is 14.3 Å². The molecule has 3 nitrogen and oxygen atoms in total. The van der Waals surface area contributed by atoms with Crippen molar-refractivity contribution in [2.24, 2.45) is 0 Å². The third kappa shape index (κ3) is 2.68. The average Bonchev–Trinajstić information content (AvgIpc) is 2.81. The molecule has 1 aromatic carbocycles. The lowest BCUT2D eigenvalue weighted by Crippen LogP contribution is -2.07. The Morgan fingerprint density at radius 1 is 1.44 bits per heavy atom. The van der Waals surface area contributed by atoms with Gasteiger partial charge in [-0.2, -0.15) is 11.3 Å². The molecule has 5 heteroatoms. The number of carboxylic acids is 1. The molecular weight excluding hydrogens is 253 g/mol. The predicted octanol–water partition coefficient (Wildman–Crippen LogP) is 3.76. The second-order valence-electron chi connectivity index (χ2n) is 3.92. The van der Waals surface area contributed by atoms with Gasteiger partial charge in [0.25, 0.3) is 0 Å². The molecule has 18 heavy (non-hydrogen) atoms. The number of nitrogens with one attached hydrogen (secondary N) is 1. The first kappa shape index (κ1) is 12.6. The van der Waals surface area contributed by atoms with Crippen LogP contribution in [-0.2, 0) is 0 Å². The van der Waals surface area contributed by atoms with E-state index in [0.29, 0.717) is 5.69 Å². The smallest absolute Gasteiger partial charge is 0.338 e. The standard InChI is InChI=1S/C13H12FNO2S/c1-8(9-4-5-18-7-9)15-10-2-3-11(13(16)17)12(14)6-10/h2-8,15H,1H3,(H,16,17). The number of anilines is 1. The minimum absolute atomic E-state index is 0.0475. The molecular formula is C13H12FNO2S. The Kier molecular flexibility index (Phi) is 3.62. The summed E-state index contributed by atoms with van der Waals surface area (Å²) in [5.41, 5.74) is 1.36. The minimum Gasteiger partial charge on any atom is -0.478 e. The van der Waals surface area contributed by atoms with Crippen molar-refractivity contribution in [3.63, 3.8) is 0 Å². The molecule has 0 aliphatic rings. The Hall–Kier alpha value is -1.88. The number of aromatic carboxylic acids is 1. The Morgan fingerprint density at radius 3 is 2.78 bits per heavy atom. The lowest BCUT2D eigenvalue weighted by atomic mass is 10.1. The van der Waals surface area contributed by atoms with Crippen molar-refractivity contribution in [1.82, 2.24) is 0 Å². The molecule has 2 rings (SSSR count). The number of carbonyl (C=O) groups is 1. The molecule has 2 N–H and O–H groups in total. The fourth-order valence-electron chi connectivity index (χ4n) is 1.63. The molecule has 0 aliphatic heterocycles. The van der Waals surface area contributed by atoms with Crippen molar-refractivity contribution in [2.75, 3.05) is 5.32 Å². The molecule has 1 heterocycles. The van der Waals surface area contributed by atoms with Gasteiger partial charge in [-0.05, 0) is 47.5 Å². The van der Waals surface area contributed by atoms with Crippen molar-refractivity contribution >= 4 is 23.0 Å². The maximum Gasteiger partial charge on any atom is 0.338 e. The van der Waals surface area contributed by atoms with E-state index in [9.17, 15) is 9.18 Å². The van der Waals surface area contributed by atoms with Gasteiger partial charge >= 0.3 is 5.97 Å². The molecule has 0 aliphatic carbocycles. The van der Waals surface area contributed by atoms with Gasteiger partial charge < -0.3 is 10.4 Å². The summed E-state index contributed by atoms with van der Waals surface area (Å²) in [5.74, 6) is -1.99. The predicted molar refractivity (Wildman–Crippen MR) is 69.7 cm³/mol. The number of hydrogen-bond acceptors (Lipinski definition) is 3. The Morgan fingerprint density at radius 2 is 2.22 bits per heavy atom. The maximum atomic E-state index is 13.5. The summed E-state index contributed by atoms with van der Waals surface area (Å²) in [7, 11) is 0. The van der Waals surface area contributed by atoms with Gasteiger partial charge in [-0.25, -0.2) is 9.18 Å². The zero-order chi connectivity index (χ0) is 13.1. The van der Waals surface area contributed by atoms with Crippen LogP contribution >= 0.6 is 11.3 Å². The van der Waals surface area contributed by atoms with Gasteiger partial charge in [0, 0.05) is 11.7 Å². The zero-order valence-corrected chi connectivity index (χ0v) is 10.5. The molecule has 0 amide bonds. The molecule has 0 saturated heterocycles. The first-order chi connectivity index (χ1) is 8.58. The minimum atomic E-state index is -1.26. The zero-order valence-electron chi connectivity index (χ0n) is 9.68. The number of hydrogen-bond donors (Lipinski definition) is 2. The third-order valence-electron chi connectivity index (χ3n) is 2.63. The SMILES string of the molecule is CC(Nc1ccc(C(=O)O)c(F)c1)c1ccsc1. The largest absolute Gasteiger partial charge is 0.478 e. The number of rotatable bonds is 4. The van der Waals surface area contributed by atoms with Crippen LogP contribution in [0.3, 0.4) is 0 Å². The molecule has 0 fully saturated rings. The fraction of sp³-hybridized carbons (Fsp3) is 0.154. The van der Waals surface area contributed by atoms with Crippen LogP contribution in [0.15, 0.2) is 35.0 Å². The van der Waals surface area contributed by atoms with Crippen LogP contribution in [0.4, 0.5) is 10.1 Å². The van der Waals surface area contributed by atoms with Gasteiger partial charge in [0.1, 0.15) is 5.82 Å². The van der Waals surface area contributed by atoms with Gasteiger partial charge in [0.05, 0.1) is 5.56 Å². The van der Waals surface area contributed by atoms with E-state index in [2.05, 4.69) is 5.32 Å². The maximum absolute atomic E-state index is 13.5. The molecule has 1 atom stereocenters. The van der Waals surface area contributed by atoms with Crippen LogP contribution in [0.1, 0.15) is 28.9 Å². The van der Waals surface area contributed by atoms with Crippen molar-refractivity contribution in [1.29, 1.82) is 0 Å². The molecule has 94 valence electrons. The van der Waals surface area contributed by atoms with Gasteiger partial charge in [0.15, 0.2) is 0 Å². The molecule has 1 aromatic heterocycles.